The second-order valence-corrected chi connectivity index (χ2v) is 6.66. The molecule has 1 fully saturated rings. The van der Waals surface area contributed by atoms with Crippen LogP contribution in [0.5, 0.6) is 0 Å². The number of hydrogen-bond donors (Lipinski definition) is 1. The number of aromatic nitrogens is 2. The number of anilines is 1. The number of morpholine rings is 1. The van der Waals surface area contributed by atoms with Crippen molar-refractivity contribution in [2.75, 3.05) is 38.2 Å². The largest absolute Gasteiger partial charge is 0.379 e. The van der Waals surface area contributed by atoms with Crippen molar-refractivity contribution in [3.8, 4) is 0 Å². The van der Waals surface area contributed by atoms with Gasteiger partial charge < -0.3 is 10.1 Å². The van der Waals surface area contributed by atoms with E-state index in [1.807, 2.05) is 11.3 Å². The molecule has 3 rings (SSSR count). The maximum atomic E-state index is 5.47. The molecule has 114 valence electrons. The lowest BCUT2D eigenvalue weighted by atomic mass is 10.2. The van der Waals surface area contributed by atoms with Crippen molar-refractivity contribution < 1.29 is 4.74 Å². The Morgan fingerprint density at radius 1 is 1.43 bits per heavy atom. The first kappa shape index (κ1) is 14.9. The van der Waals surface area contributed by atoms with Gasteiger partial charge in [-0.15, -0.1) is 11.3 Å². The highest BCUT2D eigenvalue weighted by molar-refractivity contribution is 7.10. The van der Waals surface area contributed by atoms with Gasteiger partial charge in [-0.2, -0.15) is 4.37 Å². The monoisotopic (exact) mass is 324 g/mol. The molecule has 1 atom stereocenters. The van der Waals surface area contributed by atoms with Crippen LogP contribution >= 0.6 is 22.9 Å². The molecule has 7 heteroatoms. The first-order valence-corrected chi connectivity index (χ1v) is 8.93. The summed E-state index contributed by atoms with van der Waals surface area (Å²) in [5.74, 6) is 0.918. The lowest BCUT2D eigenvalue weighted by molar-refractivity contribution is 0.0194. The summed E-state index contributed by atoms with van der Waals surface area (Å²) in [4.78, 5) is 8.37. The maximum Gasteiger partial charge on any atom is 0.202 e. The van der Waals surface area contributed by atoms with Crippen molar-refractivity contribution in [2.24, 2.45) is 0 Å². The number of ether oxygens (including phenoxy) is 1. The molecule has 1 aliphatic rings. The molecule has 1 N–H and O–H groups in total. The van der Waals surface area contributed by atoms with Crippen LogP contribution in [0, 0.1) is 0 Å². The Morgan fingerprint density at radius 3 is 2.95 bits per heavy atom. The second kappa shape index (κ2) is 7.31. The fourth-order valence-corrected chi connectivity index (χ4v) is 3.95. The molecular weight excluding hydrogens is 304 g/mol. The molecule has 21 heavy (non-hydrogen) atoms. The van der Waals surface area contributed by atoms with E-state index in [0.29, 0.717) is 6.04 Å². The van der Waals surface area contributed by atoms with Gasteiger partial charge in [0.05, 0.1) is 19.3 Å². The minimum absolute atomic E-state index is 0.378. The van der Waals surface area contributed by atoms with Gasteiger partial charge in [0.25, 0.3) is 0 Å². The van der Waals surface area contributed by atoms with Crippen LogP contribution in [0.1, 0.15) is 23.7 Å². The van der Waals surface area contributed by atoms with Crippen LogP contribution in [-0.4, -0.2) is 47.1 Å². The van der Waals surface area contributed by atoms with E-state index in [1.54, 1.807) is 0 Å². The minimum atomic E-state index is 0.378. The molecule has 2 aromatic rings. The smallest absolute Gasteiger partial charge is 0.202 e. The number of nitrogens with zero attached hydrogens (tertiary/aromatic N) is 3. The van der Waals surface area contributed by atoms with Gasteiger partial charge in [0.2, 0.25) is 5.13 Å². The van der Waals surface area contributed by atoms with Crippen LogP contribution in [-0.2, 0) is 11.2 Å². The summed E-state index contributed by atoms with van der Waals surface area (Å²) in [6.07, 6.45) is 0.885. The van der Waals surface area contributed by atoms with E-state index in [-0.39, 0.29) is 0 Å². The van der Waals surface area contributed by atoms with Crippen LogP contribution in [0.15, 0.2) is 17.5 Å². The lowest BCUT2D eigenvalue weighted by Gasteiger charge is -2.34. The number of nitrogens with one attached hydrogen (secondary N) is 1. The molecule has 5 nitrogen and oxygen atoms in total. The van der Waals surface area contributed by atoms with Crippen molar-refractivity contribution in [1.82, 2.24) is 14.3 Å². The third kappa shape index (κ3) is 3.79. The van der Waals surface area contributed by atoms with Crippen molar-refractivity contribution in [3.63, 3.8) is 0 Å². The molecule has 0 saturated carbocycles. The SMILES string of the molecule is CCc1nsc(NCC(c2cccs2)N2CCOCC2)n1. The Bertz CT molecular complexity index is 537. The molecule has 0 amide bonds. The Kier molecular flexibility index (Phi) is 5.18. The Morgan fingerprint density at radius 2 is 2.29 bits per heavy atom. The van der Waals surface area contributed by atoms with Gasteiger partial charge in [0.1, 0.15) is 5.82 Å². The Labute approximate surface area is 133 Å². The molecule has 1 aliphatic heterocycles. The van der Waals surface area contributed by atoms with Crippen molar-refractivity contribution >= 4 is 28.0 Å². The van der Waals surface area contributed by atoms with Crippen LogP contribution in [0.4, 0.5) is 5.13 Å². The van der Waals surface area contributed by atoms with Crippen LogP contribution < -0.4 is 5.32 Å². The molecule has 1 unspecified atom stereocenters. The van der Waals surface area contributed by atoms with Gasteiger partial charge in [0, 0.05) is 42.5 Å². The second-order valence-electron chi connectivity index (χ2n) is 4.93. The summed E-state index contributed by atoms with van der Waals surface area (Å²) in [5.41, 5.74) is 0. The highest BCUT2D eigenvalue weighted by Gasteiger charge is 2.23. The quantitative estimate of drug-likeness (QED) is 0.885. The van der Waals surface area contributed by atoms with Gasteiger partial charge in [-0.25, -0.2) is 4.98 Å². The number of thiophene rings is 1. The summed E-state index contributed by atoms with van der Waals surface area (Å²) in [7, 11) is 0. The fraction of sp³-hybridized carbons (Fsp3) is 0.571. The first-order chi connectivity index (χ1) is 10.4. The van der Waals surface area contributed by atoms with E-state index in [2.05, 4.69) is 44.0 Å². The molecule has 0 aromatic carbocycles. The van der Waals surface area contributed by atoms with E-state index >= 15 is 0 Å². The zero-order valence-electron chi connectivity index (χ0n) is 12.1. The Hall–Kier alpha value is -1.02. The van der Waals surface area contributed by atoms with Crippen LogP contribution in [0.3, 0.4) is 0 Å². The predicted molar refractivity (Wildman–Crippen MR) is 87.2 cm³/mol. The molecule has 1 saturated heterocycles. The van der Waals surface area contributed by atoms with Crippen molar-refractivity contribution in [1.29, 1.82) is 0 Å². The summed E-state index contributed by atoms with van der Waals surface area (Å²) >= 11 is 3.26. The number of rotatable bonds is 6. The van der Waals surface area contributed by atoms with Crippen molar-refractivity contribution in [3.05, 3.63) is 28.2 Å². The van der Waals surface area contributed by atoms with Crippen LogP contribution in [0.25, 0.3) is 0 Å². The highest BCUT2D eigenvalue weighted by Crippen LogP contribution is 2.26. The molecule has 0 aliphatic carbocycles. The molecular formula is C14H20N4OS2. The van der Waals surface area contributed by atoms with Crippen LogP contribution in [0.2, 0.25) is 0 Å². The molecule has 0 radical (unpaired) electrons. The standard InChI is InChI=1S/C14H20N4OS2/c1-2-13-16-14(21-17-13)15-10-11(12-4-3-9-20-12)18-5-7-19-8-6-18/h3-4,9,11H,2,5-8,10H2,1H3,(H,15,16,17). The summed E-state index contributed by atoms with van der Waals surface area (Å²) in [6, 6.07) is 4.71. The van der Waals surface area contributed by atoms with Gasteiger partial charge in [-0.05, 0) is 11.4 Å². The average molecular weight is 324 g/mol. The third-order valence-corrected chi connectivity index (χ3v) is 5.27. The van der Waals surface area contributed by atoms with Gasteiger partial charge in [0.15, 0.2) is 0 Å². The van der Waals surface area contributed by atoms with E-state index in [4.69, 9.17) is 4.74 Å². The first-order valence-electron chi connectivity index (χ1n) is 7.28. The van der Waals surface area contributed by atoms with Gasteiger partial charge >= 0.3 is 0 Å². The summed E-state index contributed by atoms with van der Waals surface area (Å²) in [5, 5.41) is 6.51. The van der Waals surface area contributed by atoms with E-state index < -0.39 is 0 Å². The molecule has 3 heterocycles. The number of aryl methyl sites for hydroxylation is 1. The zero-order valence-corrected chi connectivity index (χ0v) is 13.8. The van der Waals surface area contributed by atoms with Gasteiger partial charge in [-0.1, -0.05) is 13.0 Å². The minimum Gasteiger partial charge on any atom is -0.379 e. The third-order valence-electron chi connectivity index (χ3n) is 3.59. The van der Waals surface area contributed by atoms with E-state index in [0.717, 1.165) is 50.2 Å². The molecule has 2 aromatic heterocycles. The number of hydrogen-bond acceptors (Lipinski definition) is 7. The summed E-state index contributed by atoms with van der Waals surface area (Å²) in [6.45, 7) is 6.55. The topological polar surface area (TPSA) is 50.3 Å². The maximum absolute atomic E-state index is 5.47. The predicted octanol–water partition coefficient (Wildman–Crippen LogP) is 2.65. The molecule has 0 bridgehead atoms. The average Bonchev–Trinajstić information content (AvgIpc) is 3.20. The highest BCUT2D eigenvalue weighted by atomic mass is 32.1. The zero-order chi connectivity index (χ0) is 14.5. The van der Waals surface area contributed by atoms with Crippen molar-refractivity contribution in [2.45, 2.75) is 19.4 Å². The van der Waals surface area contributed by atoms with E-state index in [9.17, 15) is 0 Å². The lowest BCUT2D eigenvalue weighted by Crippen LogP contribution is -2.41. The Balaban J connectivity index is 1.67. The fourth-order valence-electron chi connectivity index (χ4n) is 2.43. The normalized spacial score (nSPS) is 17.8. The van der Waals surface area contributed by atoms with Gasteiger partial charge in [-0.3, -0.25) is 4.90 Å². The summed E-state index contributed by atoms with van der Waals surface area (Å²) < 4.78 is 9.79. The molecule has 0 spiro atoms. The van der Waals surface area contributed by atoms with E-state index in [1.165, 1.54) is 16.4 Å².